The second kappa shape index (κ2) is 8.80. The quantitative estimate of drug-likeness (QED) is 0.583. The Morgan fingerprint density at radius 3 is 2.82 bits per heavy atom. The molecule has 0 aliphatic carbocycles. The predicted octanol–water partition coefficient (Wildman–Crippen LogP) is 3.67. The average Bonchev–Trinajstić information content (AvgIpc) is 2.48. The van der Waals surface area contributed by atoms with Crippen LogP contribution < -0.4 is 0 Å². The SMILES string of the molecule is CC(=O)OCCSCC1CN(C)CCC1c1ccc(Cl)cc1. The molecule has 1 fully saturated rings. The van der Waals surface area contributed by atoms with Gasteiger partial charge >= 0.3 is 5.97 Å². The first-order chi connectivity index (χ1) is 10.6. The number of ether oxygens (including phenoxy) is 1. The van der Waals surface area contributed by atoms with Crippen LogP contribution >= 0.6 is 23.4 Å². The van der Waals surface area contributed by atoms with Crippen molar-refractivity contribution in [3.05, 3.63) is 34.9 Å². The van der Waals surface area contributed by atoms with Crippen LogP contribution in [0.1, 0.15) is 24.8 Å². The van der Waals surface area contributed by atoms with Crippen LogP contribution in [0.15, 0.2) is 24.3 Å². The number of thioether (sulfide) groups is 1. The van der Waals surface area contributed by atoms with Crippen molar-refractivity contribution in [2.75, 3.05) is 38.2 Å². The van der Waals surface area contributed by atoms with Crippen molar-refractivity contribution in [2.45, 2.75) is 19.3 Å². The van der Waals surface area contributed by atoms with E-state index in [2.05, 4.69) is 24.1 Å². The molecule has 5 heteroatoms. The summed E-state index contributed by atoms with van der Waals surface area (Å²) in [4.78, 5) is 13.2. The maximum Gasteiger partial charge on any atom is 0.302 e. The lowest BCUT2D eigenvalue weighted by atomic mass is 9.81. The zero-order chi connectivity index (χ0) is 15.9. The van der Waals surface area contributed by atoms with Gasteiger partial charge in [0, 0.05) is 24.2 Å². The normalized spacial score (nSPS) is 22.5. The van der Waals surface area contributed by atoms with Gasteiger partial charge in [0.25, 0.3) is 0 Å². The van der Waals surface area contributed by atoms with Crippen LogP contribution in [0.25, 0.3) is 0 Å². The van der Waals surface area contributed by atoms with Crippen molar-refractivity contribution < 1.29 is 9.53 Å². The molecule has 0 radical (unpaired) electrons. The summed E-state index contributed by atoms with van der Waals surface area (Å²) in [6, 6.07) is 8.30. The molecule has 1 aromatic carbocycles. The number of hydrogen-bond donors (Lipinski definition) is 0. The fourth-order valence-electron chi connectivity index (χ4n) is 3.01. The summed E-state index contributed by atoms with van der Waals surface area (Å²) in [7, 11) is 2.19. The van der Waals surface area contributed by atoms with Crippen molar-refractivity contribution in [3.8, 4) is 0 Å². The third kappa shape index (κ3) is 5.49. The van der Waals surface area contributed by atoms with Gasteiger partial charge in [-0.1, -0.05) is 23.7 Å². The van der Waals surface area contributed by atoms with Gasteiger partial charge in [-0.3, -0.25) is 4.79 Å². The van der Waals surface area contributed by atoms with Crippen LogP contribution in [0.3, 0.4) is 0 Å². The molecular formula is C17H24ClNO2S. The highest BCUT2D eigenvalue weighted by molar-refractivity contribution is 7.99. The predicted molar refractivity (Wildman–Crippen MR) is 93.8 cm³/mol. The Morgan fingerprint density at radius 1 is 1.41 bits per heavy atom. The first kappa shape index (κ1) is 17.6. The number of carbonyl (C=O) groups is 1. The summed E-state index contributed by atoms with van der Waals surface area (Å²) in [5.41, 5.74) is 1.39. The number of likely N-dealkylation sites (tertiary alicyclic amines) is 1. The molecule has 2 unspecified atom stereocenters. The standard InChI is InChI=1S/C17H24ClNO2S/c1-13(20)21-9-10-22-12-15-11-19(2)8-7-17(15)14-3-5-16(18)6-4-14/h3-6,15,17H,7-12H2,1-2H3. The van der Waals surface area contributed by atoms with Crippen molar-refractivity contribution >= 4 is 29.3 Å². The fraction of sp³-hybridized carbons (Fsp3) is 0.588. The molecule has 0 N–H and O–H groups in total. The minimum absolute atomic E-state index is 0.197. The lowest BCUT2D eigenvalue weighted by molar-refractivity contribution is -0.140. The monoisotopic (exact) mass is 341 g/mol. The third-order valence-electron chi connectivity index (χ3n) is 4.10. The molecule has 1 aromatic rings. The van der Waals surface area contributed by atoms with Gasteiger partial charge < -0.3 is 9.64 Å². The highest BCUT2D eigenvalue weighted by atomic mass is 35.5. The van der Waals surface area contributed by atoms with Gasteiger partial charge in [-0.25, -0.2) is 0 Å². The van der Waals surface area contributed by atoms with E-state index in [1.807, 2.05) is 23.9 Å². The van der Waals surface area contributed by atoms with Gasteiger partial charge in [0.1, 0.15) is 6.61 Å². The molecule has 0 saturated carbocycles. The van der Waals surface area contributed by atoms with Crippen LogP contribution in [0, 0.1) is 5.92 Å². The Balaban J connectivity index is 1.89. The summed E-state index contributed by atoms with van der Waals surface area (Å²) in [6.07, 6.45) is 1.19. The molecule has 1 aliphatic rings. The zero-order valence-electron chi connectivity index (χ0n) is 13.3. The minimum atomic E-state index is -0.197. The van der Waals surface area contributed by atoms with Gasteiger partial charge in [0.2, 0.25) is 0 Å². The number of benzene rings is 1. The van der Waals surface area contributed by atoms with E-state index in [0.717, 1.165) is 29.6 Å². The number of carbonyl (C=O) groups excluding carboxylic acids is 1. The average molecular weight is 342 g/mol. The Hall–Kier alpha value is -0.710. The Labute approximate surface area is 142 Å². The van der Waals surface area contributed by atoms with E-state index in [4.69, 9.17) is 16.3 Å². The van der Waals surface area contributed by atoms with E-state index in [0.29, 0.717) is 18.4 Å². The number of nitrogens with zero attached hydrogens (tertiary/aromatic N) is 1. The summed E-state index contributed by atoms with van der Waals surface area (Å²) in [5, 5.41) is 0.795. The van der Waals surface area contributed by atoms with Crippen LogP contribution in [0.4, 0.5) is 0 Å². The number of piperidine rings is 1. The van der Waals surface area contributed by atoms with Crippen LogP contribution in [-0.2, 0) is 9.53 Å². The first-order valence-electron chi connectivity index (χ1n) is 7.71. The lowest BCUT2D eigenvalue weighted by Crippen LogP contribution is -2.38. The second-order valence-corrected chi connectivity index (χ2v) is 7.47. The van der Waals surface area contributed by atoms with E-state index in [1.165, 1.54) is 18.9 Å². The smallest absolute Gasteiger partial charge is 0.302 e. The van der Waals surface area contributed by atoms with Crippen molar-refractivity contribution in [1.29, 1.82) is 0 Å². The molecule has 2 atom stereocenters. The first-order valence-corrected chi connectivity index (χ1v) is 9.24. The molecule has 2 rings (SSSR count). The van der Waals surface area contributed by atoms with Crippen molar-refractivity contribution in [3.63, 3.8) is 0 Å². The Kier molecular flexibility index (Phi) is 7.06. The number of halogens is 1. The molecule has 1 aliphatic heterocycles. The van der Waals surface area contributed by atoms with Crippen LogP contribution in [0.5, 0.6) is 0 Å². The summed E-state index contributed by atoms with van der Waals surface area (Å²) in [6.45, 7) is 4.22. The summed E-state index contributed by atoms with van der Waals surface area (Å²) < 4.78 is 4.99. The number of rotatable bonds is 6. The number of esters is 1. The van der Waals surface area contributed by atoms with E-state index in [9.17, 15) is 4.79 Å². The molecule has 1 saturated heterocycles. The zero-order valence-corrected chi connectivity index (χ0v) is 14.8. The molecule has 22 heavy (non-hydrogen) atoms. The Bertz CT molecular complexity index is 480. The fourth-order valence-corrected chi connectivity index (χ4v) is 4.15. The van der Waals surface area contributed by atoms with Crippen molar-refractivity contribution in [1.82, 2.24) is 4.90 Å². The van der Waals surface area contributed by atoms with Gasteiger partial charge in [-0.15, -0.1) is 0 Å². The molecule has 1 heterocycles. The minimum Gasteiger partial charge on any atom is -0.465 e. The number of hydrogen-bond acceptors (Lipinski definition) is 4. The second-order valence-electron chi connectivity index (χ2n) is 5.88. The van der Waals surface area contributed by atoms with Gasteiger partial charge in [0.15, 0.2) is 0 Å². The van der Waals surface area contributed by atoms with E-state index < -0.39 is 0 Å². The summed E-state index contributed by atoms with van der Waals surface area (Å²) >= 11 is 7.88. The highest BCUT2D eigenvalue weighted by Crippen LogP contribution is 2.35. The highest BCUT2D eigenvalue weighted by Gasteiger charge is 2.28. The maximum absolute atomic E-state index is 10.8. The molecule has 3 nitrogen and oxygen atoms in total. The molecule has 122 valence electrons. The molecule has 0 spiro atoms. The molecule has 0 amide bonds. The van der Waals surface area contributed by atoms with Crippen molar-refractivity contribution in [2.24, 2.45) is 5.92 Å². The van der Waals surface area contributed by atoms with E-state index >= 15 is 0 Å². The van der Waals surface area contributed by atoms with Crippen LogP contribution in [0.2, 0.25) is 5.02 Å². The lowest BCUT2D eigenvalue weighted by Gasteiger charge is -2.37. The van der Waals surface area contributed by atoms with Crippen LogP contribution in [-0.4, -0.2) is 49.1 Å². The molecular weight excluding hydrogens is 318 g/mol. The molecule has 0 bridgehead atoms. The Morgan fingerprint density at radius 2 is 2.14 bits per heavy atom. The van der Waals surface area contributed by atoms with Gasteiger partial charge in [-0.2, -0.15) is 11.8 Å². The van der Waals surface area contributed by atoms with E-state index in [1.54, 1.807) is 0 Å². The molecule has 0 aromatic heterocycles. The van der Waals surface area contributed by atoms with Gasteiger partial charge in [-0.05, 0) is 55.3 Å². The third-order valence-corrected chi connectivity index (χ3v) is 5.47. The topological polar surface area (TPSA) is 29.5 Å². The van der Waals surface area contributed by atoms with Gasteiger partial charge in [0.05, 0.1) is 0 Å². The summed E-state index contributed by atoms with van der Waals surface area (Å²) in [5.74, 6) is 2.99. The largest absolute Gasteiger partial charge is 0.465 e. The maximum atomic E-state index is 10.8. The van der Waals surface area contributed by atoms with E-state index in [-0.39, 0.29) is 5.97 Å².